The highest BCUT2D eigenvalue weighted by atomic mass is 16.3. The molecule has 0 spiro atoms. The van der Waals surface area contributed by atoms with Gasteiger partial charge in [0.1, 0.15) is 5.82 Å². The normalized spacial score (nSPS) is 18.1. The zero-order chi connectivity index (χ0) is 14.8. The quantitative estimate of drug-likeness (QED) is 0.861. The SMILES string of the molecule is C1=CCN(c2nc(-c3ccco3)nc3c2CCNCC3)CC1. The molecule has 0 saturated carbocycles. The van der Waals surface area contributed by atoms with Gasteiger partial charge in [0.2, 0.25) is 0 Å². The lowest BCUT2D eigenvalue weighted by atomic mass is 10.1. The van der Waals surface area contributed by atoms with Crippen LogP contribution in [0.15, 0.2) is 35.0 Å². The first-order chi connectivity index (χ1) is 10.9. The summed E-state index contributed by atoms with van der Waals surface area (Å²) in [5, 5.41) is 3.45. The minimum Gasteiger partial charge on any atom is -0.461 e. The van der Waals surface area contributed by atoms with Gasteiger partial charge in [-0.15, -0.1) is 0 Å². The molecule has 5 heteroatoms. The van der Waals surface area contributed by atoms with Crippen LogP contribution in [0.3, 0.4) is 0 Å². The van der Waals surface area contributed by atoms with E-state index >= 15 is 0 Å². The Balaban J connectivity index is 1.82. The smallest absolute Gasteiger partial charge is 0.197 e. The van der Waals surface area contributed by atoms with Crippen molar-refractivity contribution in [3.05, 3.63) is 41.8 Å². The van der Waals surface area contributed by atoms with Crippen molar-refractivity contribution in [2.24, 2.45) is 0 Å². The summed E-state index contributed by atoms with van der Waals surface area (Å²) in [6, 6.07) is 3.81. The van der Waals surface area contributed by atoms with Gasteiger partial charge in [0, 0.05) is 31.6 Å². The lowest BCUT2D eigenvalue weighted by Crippen LogP contribution is -2.29. The molecule has 114 valence electrons. The van der Waals surface area contributed by atoms with Gasteiger partial charge in [-0.05, 0) is 31.5 Å². The second-order valence-corrected chi connectivity index (χ2v) is 5.73. The Labute approximate surface area is 130 Å². The standard InChI is InChI=1S/C17H20N4O/c1-2-10-21(11-3-1)17-13-6-8-18-9-7-14(13)19-16(20-17)15-5-4-12-22-15/h1-2,4-5,12,18H,3,6-11H2. The van der Waals surface area contributed by atoms with Crippen LogP contribution in [-0.4, -0.2) is 36.1 Å². The first-order valence-electron chi connectivity index (χ1n) is 7.96. The van der Waals surface area contributed by atoms with Crippen LogP contribution in [0.1, 0.15) is 17.7 Å². The van der Waals surface area contributed by atoms with Gasteiger partial charge in [0.15, 0.2) is 11.6 Å². The Morgan fingerprint density at radius 3 is 2.91 bits per heavy atom. The summed E-state index contributed by atoms with van der Waals surface area (Å²) in [4.78, 5) is 12.0. The fraction of sp³-hybridized carbons (Fsp3) is 0.412. The Kier molecular flexibility index (Phi) is 3.64. The van der Waals surface area contributed by atoms with Crippen molar-refractivity contribution in [1.29, 1.82) is 0 Å². The van der Waals surface area contributed by atoms with Gasteiger partial charge in [-0.3, -0.25) is 0 Å². The maximum atomic E-state index is 5.51. The zero-order valence-electron chi connectivity index (χ0n) is 12.6. The topological polar surface area (TPSA) is 54.2 Å². The maximum Gasteiger partial charge on any atom is 0.197 e. The Bertz CT molecular complexity index is 678. The first kappa shape index (κ1) is 13.5. The lowest BCUT2D eigenvalue weighted by molar-refractivity contribution is 0.576. The molecule has 0 saturated heterocycles. The highest BCUT2D eigenvalue weighted by molar-refractivity contribution is 5.58. The summed E-state index contributed by atoms with van der Waals surface area (Å²) >= 11 is 0. The average Bonchev–Trinajstić information content (AvgIpc) is 3.00. The van der Waals surface area contributed by atoms with E-state index in [1.165, 1.54) is 5.56 Å². The second-order valence-electron chi connectivity index (χ2n) is 5.73. The van der Waals surface area contributed by atoms with Crippen molar-refractivity contribution in [3.63, 3.8) is 0 Å². The number of fused-ring (bicyclic) bond motifs is 1. The van der Waals surface area contributed by atoms with E-state index < -0.39 is 0 Å². The molecule has 4 rings (SSSR count). The zero-order valence-corrected chi connectivity index (χ0v) is 12.6. The van der Waals surface area contributed by atoms with E-state index in [9.17, 15) is 0 Å². The molecule has 0 aromatic carbocycles. The highest BCUT2D eigenvalue weighted by Crippen LogP contribution is 2.28. The van der Waals surface area contributed by atoms with Crippen molar-refractivity contribution in [1.82, 2.24) is 15.3 Å². The van der Waals surface area contributed by atoms with Crippen molar-refractivity contribution >= 4 is 5.82 Å². The molecule has 2 aliphatic rings. The minimum absolute atomic E-state index is 0.704. The summed E-state index contributed by atoms with van der Waals surface area (Å²) < 4.78 is 5.51. The van der Waals surface area contributed by atoms with Crippen LogP contribution in [0.4, 0.5) is 5.82 Å². The van der Waals surface area contributed by atoms with E-state index in [4.69, 9.17) is 14.4 Å². The molecule has 1 N–H and O–H groups in total. The van der Waals surface area contributed by atoms with E-state index in [0.717, 1.165) is 62.7 Å². The Morgan fingerprint density at radius 2 is 2.09 bits per heavy atom. The van der Waals surface area contributed by atoms with Crippen molar-refractivity contribution in [2.45, 2.75) is 19.3 Å². The summed E-state index contributed by atoms with van der Waals surface area (Å²) in [5.41, 5.74) is 2.46. The monoisotopic (exact) mass is 296 g/mol. The van der Waals surface area contributed by atoms with E-state index in [1.54, 1.807) is 6.26 Å². The van der Waals surface area contributed by atoms with Crippen LogP contribution in [-0.2, 0) is 12.8 Å². The van der Waals surface area contributed by atoms with Crippen molar-refractivity contribution in [3.8, 4) is 11.6 Å². The molecule has 0 unspecified atom stereocenters. The molecule has 2 aromatic rings. The number of aromatic nitrogens is 2. The van der Waals surface area contributed by atoms with Crippen LogP contribution < -0.4 is 10.2 Å². The van der Waals surface area contributed by atoms with Crippen LogP contribution in [0, 0.1) is 0 Å². The molecule has 0 radical (unpaired) electrons. The summed E-state index contributed by atoms with van der Waals surface area (Å²) in [7, 11) is 0. The van der Waals surface area contributed by atoms with E-state index in [-0.39, 0.29) is 0 Å². The molecular weight excluding hydrogens is 276 g/mol. The number of furan rings is 1. The second kappa shape index (κ2) is 5.93. The fourth-order valence-corrected chi connectivity index (χ4v) is 3.14. The molecule has 0 atom stereocenters. The molecule has 0 aliphatic carbocycles. The van der Waals surface area contributed by atoms with Crippen LogP contribution in [0.25, 0.3) is 11.6 Å². The first-order valence-corrected chi connectivity index (χ1v) is 7.96. The molecule has 0 fully saturated rings. The highest BCUT2D eigenvalue weighted by Gasteiger charge is 2.22. The molecule has 5 nitrogen and oxygen atoms in total. The number of anilines is 1. The van der Waals surface area contributed by atoms with E-state index in [2.05, 4.69) is 22.4 Å². The van der Waals surface area contributed by atoms with Gasteiger partial charge in [-0.1, -0.05) is 12.2 Å². The third-order valence-corrected chi connectivity index (χ3v) is 4.26. The van der Waals surface area contributed by atoms with Crippen LogP contribution in [0.5, 0.6) is 0 Å². The van der Waals surface area contributed by atoms with Gasteiger partial charge < -0.3 is 14.6 Å². The summed E-state index contributed by atoms with van der Waals surface area (Å²) in [6.07, 6.45) is 9.15. The average molecular weight is 296 g/mol. The summed E-state index contributed by atoms with van der Waals surface area (Å²) in [6.45, 7) is 3.91. The minimum atomic E-state index is 0.704. The third-order valence-electron chi connectivity index (χ3n) is 4.26. The van der Waals surface area contributed by atoms with Crippen molar-refractivity contribution < 1.29 is 4.42 Å². The van der Waals surface area contributed by atoms with Gasteiger partial charge in [0.25, 0.3) is 0 Å². The number of nitrogens with zero attached hydrogens (tertiary/aromatic N) is 3. The number of nitrogens with one attached hydrogen (secondary N) is 1. The molecule has 2 aromatic heterocycles. The summed E-state index contributed by atoms with van der Waals surface area (Å²) in [5.74, 6) is 2.54. The van der Waals surface area contributed by atoms with Gasteiger partial charge in [-0.25, -0.2) is 9.97 Å². The Hall–Kier alpha value is -2.14. The molecule has 22 heavy (non-hydrogen) atoms. The molecule has 0 bridgehead atoms. The van der Waals surface area contributed by atoms with Crippen LogP contribution in [0.2, 0.25) is 0 Å². The van der Waals surface area contributed by atoms with Gasteiger partial charge in [0.05, 0.1) is 12.0 Å². The van der Waals surface area contributed by atoms with Gasteiger partial charge >= 0.3 is 0 Å². The molecule has 2 aliphatic heterocycles. The maximum absolute atomic E-state index is 5.51. The number of rotatable bonds is 2. The van der Waals surface area contributed by atoms with Crippen LogP contribution >= 0.6 is 0 Å². The predicted octanol–water partition coefficient (Wildman–Crippen LogP) is 2.19. The van der Waals surface area contributed by atoms with E-state index in [1.807, 2.05) is 12.1 Å². The third kappa shape index (κ3) is 2.52. The van der Waals surface area contributed by atoms with Crippen molar-refractivity contribution in [2.75, 3.05) is 31.1 Å². The van der Waals surface area contributed by atoms with E-state index in [0.29, 0.717) is 5.82 Å². The molecular formula is C17H20N4O. The molecule has 0 amide bonds. The molecule has 4 heterocycles. The Morgan fingerprint density at radius 1 is 1.14 bits per heavy atom. The number of hydrogen-bond acceptors (Lipinski definition) is 5. The lowest BCUT2D eigenvalue weighted by Gasteiger charge is -2.27. The fourth-order valence-electron chi connectivity index (χ4n) is 3.14. The largest absolute Gasteiger partial charge is 0.461 e. The predicted molar refractivity (Wildman–Crippen MR) is 86.0 cm³/mol. The number of hydrogen-bond donors (Lipinski definition) is 1. The van der Waals surface area contributed by atoms with Gasteiger partial charge in [-0.2, -0.15) is 0 Å².